The molecule has 2 aromatic heterocycles. The molecule has 0 atom stereocenters. The maximum atomic E-state index is 12.5. The van der Waals surface area contributed by atoms with Gasteiger partial charge in [-0.05, 0) is 67.7 Å². The molecule has 160 valence electrons. The van der Waals surface area contributed by atoms with Crippen LogP contribution in [0.25, 0.3) is 17.4 Å². The summed E-state index contributed by atoms with van der Waals surface area (Å²) in [6.07, 6.45) is 7.89. The van der Waals surface area contributed by atoms with Crippen molar-refractivity contribution in [3.63, 3.8) is 0 Å². The first-order valence-corrected chi connectivity index (χ1v) is 11.5. The van der Waals surface area contributed by atoms with E-state index in [1.54, 1.807) is 36.4 Å². The zero-order chi connectivity index (χ0) is 22.0. The minimum absolute atomic E-state index is 0.360. The van der Waals surface area contributed by atoms with Crippen LogP contribution in [0.2, 0.25) is 10.0 Å². The molecule has 31 heavy (non-hydrogen) atoms. The Morgan fingerprint density at radius 3 is 2.68 bits per heavy atom. The van der Waals surface area contributed by atoms with Gasteiger partial charge in [0, 0.05) is 21.5 Å². The lowest BCUT2D eigenvalue weighted by Crippen LogP contribution is -2.16. The summed E-state index contributed by atoms with van der Waals surface area (Å²) in [4.78, 5) is 25.7. The summed E-state index contributed by atoms with van der Waals surface area (Å²) in [6, 6.07) is 8.66. The van der Waals surface area contributed by atoms with Gasteiger partial charge in [0.1, 0.15) is 16.5 Å². The van der Waals surface area contributed by atoms with Crippen molar-refractivity contribution < 1.29 is 14.0 Å². The number of aryl methyl sites for hydroxylation is 1. The van der Waals surface area contributed by atoms with Crippen LogP contribution in [0.15, 0.2) is 40.8 Å². The molecule has 0 radical (unpaired) electrons. The van der Waals surface area contributed by atoms with Crippen LogP contribution in [0.4, 0.5) is 5.00 Å². The number of amides is 2. The molecule has 0 fully saturated rings. The number of furan rings is 1. The number of primary amides is 1. The molecule has 2 amide bonds. The average Bonchev–Trinajstić information content (AvgIpc) is 3.24. The van der Waals surface area contributed by atoms with E-state index in [2.05, 4.69) is 5.32 Å². The Morgan fingerprint density at radius 2 is 1.90 bits per heavy atom. The molecule has 4 rings (SSSR count). The molecule has 2 heterocycles. The Morgan fingerprint density at radius 1 is 1.10 bits per heavy atom. The normalized spacial score (nSPS) is 13.7. The number of carbonyl (C=O) groups excluding carboxylic acids is 2. The highest BCUT2D eigenvalue weighted by molar-refractivity contribution is 7.17. The molecule has 3 aromatic rings. The second-order valence-electron chi connectivity index (χ2n) is 7.28. The standard InChI is InChI=1S/C23H20Cl2N2O3S/c24-13-6-9-15(17(25)12-13)18-10-7-14(30-18)8-11-20(28)27-23-21(22(26)29)16-4-2-1-3-5-19(16)31-23/h6-12H,1-5H2,(H2,26,29)(H,27,28)/b11-8+. The first kappa shape index (κ1) is 21.7. The van der Waals surface area contributed by atoms with E-state index in [0.29, 0.717) is 37.7 Å². The molecular formula is C23H20Cl2N2O3S. The van der Waals surface area contributed by atoms with Gasteiger partial charge in [-0.1, -0.05) is 29.6 Å². The number of hydrogen-bond donors (Lipinski definition) is 2. The van der Waals surface area contributed by atoms with Gasteiger partial charge in [0.25, 0.3) is 5.91 Å². The molecular weight excluding hydrogens is 455 g/mol. The molecule has 0 bridgehead atoms. The van der Waals surface area contributed by atoms with Crippen LogP contribution in [0, 0.1) is 0 Å². The fourth-order valence-corrected chi connectivity index (χ4v) is 5.48. The first-order valence-electron chi connectivity index (χ1n) is 9.91. The molecule has 0 saturated carbocycles. The summed E-state index contributed by atoms with van der Waals surface area (Å²) in [5.74, 6) is 0.198. The Balaban J connectivity index is 1.50. The predicted octanol–water partition coefficient (Wildman–Crippen LogP) is 6.33. The van der Waals surface area contributed by atoms with Crippen LogP contribution in [-0.2, 0) is 17.6 Å². The second-order valence-corrected chi connectivity index (χ2v) is 9.23. The van der Waals surface area contributed by atoms with Crippen LogP contribution in [0.5, 0.6) is 0 Å². The molecule has 1 aromatic carbocycles. The summed E-state index contributed by atoms with van der Waals surface area (Å²) in [6.45, 7) is 0. The van der Waals surface area contributed by atoms with Gasteiger partial charge in [0.2, 0.25) is 5.91 Å². The third-order valence-corrected chi connectivity index (χ3v) is 6.88. The van der Waals surface area contributed by atoms with Crippen molar-refractivity contribution in [2.75, 3.05) is 5.32 Å². The lowest BCUT2D eigenvalue weighted by molar-refractivity contribution is -0.111. The Labute approximate surface area is 193 Å². The van der Waals surface area contributed by atoms with Crippen molar-refractivity contribution in [3.8, 4) is 11.3 Å². The highest BCUT2D eigenvalue weighted by Gasteiger charge is 2.23. The molecule has 1 aliphatic rings. The number of rotatable bonds is 5. The monoisotopic (exact) mass is 474 g/mol. The van der Waals surface area contributed by atoms with Crippen molar-refractivity contribution in [3.05, 3.63) is 68.2 Å². The van der Waals surface area contributed by atoms with Crippen molar-refractivity contribution in [2.45, 2.75) is 32.1 Å². The van der Waals surface area contributed by atoms with Crippen LogP contribution in [-0.4, -0.2) is 11.8 Å². The number of anilines is 1. The Bertz CT molecular complexity index is 1180. The number of benzene rings is 1. The van der Waals surface area contributed by atoms with Gasteiger partial charge in [0.15, 0.2) is 0 Å². The van der Waals surface area contributed by atoms with E-state index in [9.17, 15) is 9.59 Å². The van der Waals surface area contributed by atoms with Crippen LogP contribution in [0.3, 0.4) is 0 Å². The summed E-state index contributed by atoms with van der Waals surface area (Å²) >= 11 is 13.6. The van der Waals surface area contributed by atoms with Crippen molar-refractivity contribution in [1.29, 1.82) is 0 Å². The van der Waals surface area contributed by atoms with Gasteiger partial charge in [-0.3, -0.25) is 9.59 Å². The van der Waals surface area contributed by atoms with Crippen molar-refractivity contribution in [1.82, 2.24) is 0 Å². The topological polar surface area (TPSA) is 85.3 Å². The molecule has 0 spiro atoms. The van der Waals surface area contributed by atoms with Gasteiger partial charge in [-0.25, -0.2) is 0 Å². The van der Waals surface area contributed by atoms with E-state index in [1.165, 1.54) is 17.4 Å². The number of hydrogen-bond acceptors (Lipinski definition) is 4. The van der Waals surface area contributed by atoms with Crippen molar-refractivity contribution >= 4 is 57.4 Å². The number of fused-ring (bicyclic) bond motifs is 1. The van der Waals surface area contributed by atoms with Gasteiger partial charge >= 0.3 is 0 Å². The SMILES string of the molecule is NC(=O)c1c(NC(=O)/C=C/c2ccc(-c3ccc(Cl)cc3Cl)o2)sc2c1CCCCC2. The fourth-order valence-electron chi connectivity index (χ4n) is 3.68. The van der Waals surface area contributed by atoms with E-state index in [0.717, 1.165) is 42.5 Å². The van der Waals surface area contributed by atoms with Crippen LogP contribution >= 0.6 is 34.5 Å². The summed E-state index contributed by atoms with van der Waals surface area (Å²) in [5, 5.41) is 4.34. The Hall–Kier alpha value is -2.54. The molecule has 8 heteroatoms. The molecule has 3 N–H and O–H groups in total. The predicted molar refractivity (Wildman–Crippen MR) is 126 cm³/mol. The number of carbonyl (C=O) groups is 2. The van der Waals surface area contributed by atoms with Crippen LogP contribution < -0.4 is 11.1 Å². The summed E-state index contributed by atoms with van der Waals surface area (Å²) in [7, 11) is 0. The lowest BCUT2D eigenvalue weighted by atomic mass is 10.1. The van der Waals surface area contributed by atoms with Gasteiger partial charge < -0.3 is 15.5 Å². The zero-order valence-corrected chi connectivity index (χ0v) is 18.9. The molecule has 5 nitrogen and oxygen atoms in total. The first-order chi connectivity index (χ1) is 14.9. The van der Waals surface area contributed by atoms with Gasteiger partial charge in [-0.2, -0.15) is 0 Å². The number of halogens is 2. The van der Waals surface area contributed by atoms with Gasteiger partial charge in [0.05, 0.1) is 10.6 Å². The minimum Gasteiger partial charge on any atom is -0.457 e. The van der Waals surface area contributed by atoms with Crippen LogP contribution in [0.1, 0.15) is 45.8 Å². The smallest absolute Gasteiger partial charge is 0.251 e. The Kier molecular flexibility index (Phi) is 6.51. The van der Waals surface area contributed by atoms with Crippen molar-refractivity contribution in [2.24, 2.45) is 5.73 Å². The highest BCUT2D eigenvalue weighted by atomic mass is 35.5. The molecule has 1 aliphatic carbocycles. The lowest BCUT2D eigenvalue weighted by Gasteiger charge is -2.04. The maximum absolute atomic E-state index is 12.5. The maximum Gasteiger partial charge on any atom is 0.251 e. The van der Waals surface area contributed by atoms with Gasteiger partial charge in [-0.15, -0.1) is 11.3 Å². The number of nitrogens with two attached hydrogens (primary N) is 1. The van der Waals surface area contributed by atoms with E-state index in [4.69, 9.17) is 33.4 Å². The minimum atomic E-state index is -0.505. The third kappa shape index (κ3) is 4.87. The molecule has 0 aliphatic heterocycles. The van der Waals surface area contributed by atoms with E-state index >= 15 is 0 Å². The summed E-state index contributed by atoms with van der Waals surface area (Å²) in [5.41, 5.74) is 7.76. The zero-order valence-electron chi connectivity index (χ0n) is 16.5. The van der Waals surface area contributed by atoms with E-state index in [1.807, 2.05) is 0 Å². The largest absolute Gasteiger partial charge is 0.457 e. The quantitative estimate of drug-likeness (QED) is 0.334. The average molecular weight is 475 g/mol. The fraction of sp³-hybridized carbons (Fsp3) is 0.217. The number of nitrogens with one attached hydrogen (secondary N) is 1. The van der Waals surface area contributed by atoms with E-state index in [-0.39, 0.29) is 5.91 Å². The molecule has 0 saturated heterocycles. The number of thiophene rings is 1. The summed E-state index contributed by atoms with van der Waals surface area (Å²) < 4.78 is 5.77. The van der Waals surface area contributed by atoms with E-state index < -0.39 is 5.91 Å². The molecule has 0 unspecified atom stereocenters. The second kappa shape index (κ2) is 9.30. The highest BCUT2D eigenvalue weighted by Crippen LogP contribution is 2.37. The third-order valence-electron chi connectivity index (χ3n) is 5.13.